The molecule has 3 N–H and O–H groups in total. The fourth-order valence-corrected chi connectivity index (χ4v) is 2.55. The van der Waals surface area contributed by atoms with Crippen LogP contribution in [0.5, 0.6) is 11.5 Å². The summed E-state index contributed by atoms with van der Waals surface area (Å²) in [6, 6.07) is 5.32. The fourth-order valence-electron chi connectivity index (χ4n) is 2.55. The lowest BCUT2D eigenvalue weighted by molar-refractivity contribution is -0.0979. The van der Waals surface area contributed by atoms with Crippen molar-refractivity contribution in [1.82, 2.24) is 5.32 Å². The van der Waals surface area contributed by atoms with Crippen LogP contribution in [0.4, 0.5) is 0 Å². The minimum Gasteiger partial charge on any atom is -0.504 e. The average Bonchev–Trinajstić information content (AvgIpc) is 2.32. The van der Waals surface area contributed by atoms with Gasteiger partial charge in [-0.05, 0) is 24.1 Å². The molecular weight excluding hydrogens is 230 g/mol. The zero-order valence-corrected chi connectivity index (χ0v) is 11.1. The number of hydrogen-bond donors (Lipinski definition) is 3. The largest absolute Gasteiger partial charge is 0.504 e. The maximum atomic E-state index is 9.42. The lowest BCUT2D eigenvalue weighted by Gasteiger charge is -2.51. The van der Waals surface area contributed by atoms with E-state index in [1.54, 1.807) is 13.2 Å². The van der Waals surface area contributed by atoms with Gasteiger partial charge in [0.05, 0.1) is 6.10 Å². The molecule has 2 atom stereocenters. The maximum Gasteiger partial charge on any atom is 0.157 e. The summed E-state index contributed by atoms with van der Waals surface area (Å²) in [5, 5.41) is 22.1. The van der Waals surface area contributed by atoms with E-state index in [-0.39, 0.29) is 16.9 Å². The fraction of sp³-hybridized carbons (Fsp3) is 0.571. The number of benzene rings is 1. The van der Waals surface area contributed by atoms with Crippen molar-refractivity contribution < 1.29 is 14.9 Å². The van der Waals surface area contributed by atoms with Gasteiger partial charge >= 0.3 is 0 Å². The van der Waals surface area contributed by atoms with Crippen LogP contribution in [0.25, 0.3) is 0 Å². The molecule has 100 valence electrons. The quantitative estimate of drug-likeness (QED) is 0.716. The Morgan fingerprint density at radius 1 is 1.33 bits per heavy atom. The molecule has 0 heterocycles. The van der Waals surface area contributed by atoms with E-state index in [4.69, 9.17) is 4.74 Å². The third-order valence-electron chi connectivity index (χ3n) is 4.05. The van der Waals surface area contributed by atoms with Crippen molar-refractivity contribution in [2.45, 2.75) is 39.0 Å². The number of nitrogens with one attached hydrogen (secondary N) is 1. The first-order valence-corrected chi connectivity index (χ1v) is 6.22. The molecule has 4 nitrogen and oxygen atoms in total. The summed E-state index contributed by atoms with van der Waals surface area (Å²) in [5.41, 5.74) is 1.09. The molecule has 18 heavy (non-hydrogen) atoms. The number of phenolic OH excluding ortho intramolecular Hbond substituents is 2. The monoisotopic (exact) mass is 251 g/mol. The Labute approximate surface area is 108 Å². The summed E-state index contributed by atoms with van der Waals surface area (Å²) in [7, 11) is 1.75. The summed E-state index contributed by atoms with van der Waals surface area (Å²) >= 11 is 0. The molecular formula is C14H21NO3. The normalized spacial score (nSPS) is 25.7. The summed E-state index contributed by atoms with van der Waals surface area (Å²) in [5.74, 6) is -0.154. The van der Waals surface area contributed by atoms with E-state index in [1.807, 2.05) is 6.07 Å². The summed E-state index contributed by atoms with van der Waals surface area (Å²) in [6.45, 7) is 5.06. The molecule has 0 radical (unpaired) electrons. The van der Waals surface area contributed by atoms with Crippen LogP contribution in [-0.2, 0) is 11.3 Å². The van der Waals surface area contributed by atoms with Crippen LogP contribution >= 0.6 is 0 Å². The Kier molecular flexibility index (Phi) is 3.50. The number of rotatable bonds is 4. The maximum absolute atomic E-state index is 9.42. The Morgan fingerprint density at radius 3 is 2.61 bits per heavy atom. The zero-order valence-electron chi connectivity index (χ0n) is 11.1. The Balaban J connectivity index is 1.91. The molecule has 1 aromatic carbocycles. The van der Waals surface area contributed by atoms with E-state index >= 15 is 0 Å². The highest BCUT2D eigenvalue weighted by molar-refractivity contribution is 5.40. The molecule has 1 saturated carbocycles. The van der Waals surface area contributed by atoms with Crippen molar-refractivity contribution >= 4 is 0 Å². The predicted octanol–water partition coefficient (Wildman–Crippen LogP) is 2.00. The number of ether oxygens (including phenoxy) is 1. The number of phenols is 2. The smallest absolute Gasteiger partial charge is 0.157 e. The third-order valence-corrected chi connectivity index (χ3v) is 4.05. The van der Waals surface area contributed by atoms with Crippen LogP contribution in [0.3, 0.4) is 0 Å². The number of methoxy groups -OCH3 is 1. The highest BCUT2D eigenvalue weighted by Crippen LogP contribution is 2.42. The second-order valence-corrected chi connectivity index (χ2v) is 5.54. The molecule has 0 amide bonds. The second kappa shape index (κ2) is 4.78. The highest BCUT2D eigenvalue weighted by Gasteiger charge is 2.48. The van der Waals surface area contributed by atoms with E-state index in [2.05, 4.69) is 19.2 Å². The van der Waals surface area contributed by atoms with Gasteiger partial charge in [-0.25, -0.2) is 0 Å². The van der Waals surface area contributed by atoms with Crippen LogP contribution in [0, 0.1) is 5.41 Å². The van der Waals surface area contributed by atoms with Gasteiger partial charge in [0, 0.05) is 25.1 Å². The zero-order chi connectivity index (χ0) is 13.3. The summed E-state index contributed by atoms with van der Waals surface area (Å²) in [6.07, 6.45) is 1.32. The molecule has 2 rings (SSSR count). The summed E-state index contributed by atoms with van der Waals surface area (Å²) in [4.78, 5) is 0. The van der Waals surface area contributed by atoms with Crippen LogP contribution in [0.2, 0.25) is 0 Å². The van der Waals surface area contributed by atoms with Crippen molar-refractivity contribution in [3.8, 4) is 11.5 Å². The van der Waals surface area contributed by atoms with Crippen molar-refractivity contribution in [3.63, 3.8) is 0 Å². The molecule has 0 saturated heterocycles. The molecule has 0 aliphatic heterocycles. The van der Waals surface area contributed by atoms with Gasteiger partial charge in [-0.2, -0.15) is 0 Å². The minimum absolute atomic E-state index is 0.0723. The van der Waals surface area contributed by atoms with Crippen molar-refractivity contribution in [1.29, 1.82) is 0 Å². The second-order valence-electron chi connectivity index (χ2n) is 5.54. The van der Waals surface area contributed by atoms with Gasteiger partial charge < -0.3 is 20.3 Å². The molecule has 2 unspecified atom stereocenters. The van der Waals surface area contributed by atoms with E-state index in [0.29, 0.717) is 18.7 Å². The first-order chi connectivity index (χ1) is 8.45. The van der Waals surface area contributed by atoms with Crippen LogP contribution in [0.15, 0.2) is 18.2 Å². The Morgan fingerprint density at radius 2 is 2.06 bits per heavy atom. The molecule has 1 aliphatic carbocycles. The first kappa shape index (κ1) is 13.2. The van der Waals surface area contributed by atoms with Crippen LogP contribution in [0.1, 0.15) is 25.8 Å². The average molecular weight is 251 g/mol. The van der Waals surface area contributed by atoms with Crippen molar-refractivity contribution in [2.75, 3.05) is 7.11 Å². The Bertz CT molecular complexity index is 431. The minimum atomic E-state index is -0.0813. The van der Waals surface area contributed by atoms with Crippen LogP contribution in [-0.4, -0.2) is 29.5 Å². The van der Waals surface area contributed by atoms with Crippen molar-refractivity contribution in [3.05, 3.63) is 23.8 Å². The van der Waals surface area contributed by atoms with E-state index < -0.39 is 0 Å². The third kappa shape index (κ3) is 2.31. The molecule has 0 bridgehead atoms. The molecule has 1 fully saturated rings. The molecule has 1 aromatic rings. The SMILES string of the molecule is COC1CC(NCc2ccc(O)c(O)c2)C1(C)C. The van der Waals surface area contributed by atoms with E-state index in [9.17, 15) is 10.2 Å². The van der Waals surface area contributed by atoms with E-state index in [1.165, 1.54) is 6.07 Å². The Hall–Kier alpha value is -1.26. The predicted molar refractivity (Wildman–Crippen MR) is 69.6 cm³/mol. The molecule has 1 aliphatic rings. The summed E-state index contributed by atoms with van der Waals surface area (Å²) < 4.78 is 5.41. The first-order valence-electron chi connectivity index (χ1n) is 6.22. The van der Waals surface area contributed by atoms with Gasteiger partial charge in [0.2, 0.25) is 0 Å². The highest BCUT2D eigenvalue weighted by atomic mass is 16.5. The molecule has 4 heteroatoms. The van der Waals surface area contributed by atoms with Gasteiger partial charge in [-0.3, -0.25) is 0 Å². The lowest BCUT2D eigenvalue weighted by Crippen LogP contribution is -2.60. The molecule has 0 aromatic heterocycles. The molecule has 0 spiro atoms. The van der Waals surface area contributed by atoms with Gasteiger partial charge in [-0.1, -0.05) is 19.9 Å². The topological polar surface area (TPSA) is 61.7 Å². The van der Waals surface area contributed by atoms with Gasteiger partial charge in [0.15, 0.2) is 11.5 Å². The number of hydrogen-bond acceptors (Lipinski definition) is 4. The van der Waals surface area contributed by atoms with Gasteiger partial charge in [0.1, 0.15) is 0 Å². The standard InChI is InChI=1S/C14H21NO3/c1-14(2)12(7-13(14)18-3)15-8-9-4-5-10(16)11(17)6-9/h4-6,12-13,15-17H,7-8H2,1-3H3. The van der Waals surface area contributed by atoms with E-state index in [0.717, 1.165) is 12.0 Å². The van der Waals surface area contributed by atoms with Crippen molar-refractivity contribution in [2.24, 2.45) is 5.41 Å². The van der Waals surface area contributed by atoms with Gasteiger partial charge in [-0.15, -0.1) is 0 Å². The number of aromatic hydroxyl groups is 2. The van der Waals surface area contributed by atoms with Gasteiger partial charge in [0.25, 0.3) is 0 Å². The lowest BCUT2D eigenvalue weighted by atomic mass is 9.64. The van der Waals surface area contributed by atoms with Crippen LogP contribution < -0.4 is 5.32 Å².